The van der Waals surface area contributed by atoms with Crippen molar-refractivity contribution in [3.63, 3.8) is 0 Å². The summed E-state index contributed by atoms with van der Waals surface area (Å²) in [6.07, 6.45) is 1.68. The number of ether oxygens (including phenoxy) is 1. The van der Waals surface area contributed by atoms with Crippen LogP contribution in [0.5, 0.6) is 5.75 Å². The first kappa shape index (κ1) is 18.1. The third kappa shape index (κ3) is 3.94. The van der Waals surface area contributed by atoms with E-state index < -0.39 is 0 Å². The van der Waals surface area contributed by atoms with E-state index in [1.54, 1.807) is 0 Å². The third-order valence-corrected chi connectivity index (χ3v) is 6.49. The molecule has 0 saturated carbocycles. The molecule has 0 atom stereocenters. The van der Waals surface area contributed by atoms with Gasteiger partial charge in [-0.25, -0.2) is 0 Å². The van der Waals surface area contributed by atoms with Crippen LogP contribution in [0.2, 0.25) is 0 Å². The van der Waals surface area contributed by atoms with Crippen LogP contribution in [0.1, 0.15) is 26.7 Å². The summed E-state index contributed by atoms with van der Waals surface area (Å²) >= 11 is 1.88. The van der Waals surface area contributed by atoms with Crippen LogP contribution in [0.25, 0.3) is 0 Å². The predicted octanol–water partition coefficient (Wildman–Crippen LogP) is 2.62. The van der Waals surface area contributed by atoms with E-state index >= 15 is 0 Å². The predicted molar refractivity (Wildman–Crippen MR) is 99.5 cm³/mol. The van der Waals surface area contributed by atoms with Crippen molar-refractivity contribution in [3.05, 3.63) is 30.3 Å². The van der Waals surface area contributed by atoms with Gasteiger partial charge in [0.1, 0.15) is 5.75 Å². The molecule has 2 aliphatic rings. The number of nitrogens with zero attached hydrogens (tertiary/aromatic N) is 2. The number of benzene rings is 1. The average Bonchev–Trinajstić information content (AvgIpc) is 3.03. The first-order valence-electron chi connectivity index (χ1n) is 8.93. The van der Waals surface area contributed by atoms with Crippen LogP contribution in [-0.2, 0) is 9.59 Å². The maximum absolute atomic E-state index is 12.5. The summed E-state index contributed by atoms with van der Waals surface area (Å²) in [5.74, 6) is 1.98. The Morgan fingerprint density at radius 2 is 1.84 bits per heavy atom. The van der Waals surface area contributed by atoms with Crippen LogP contribution in [0.4, 0.5) is 0 Å². The Bertz CT molecular complexity index is 612. The Hall–Kier alpha value is -1.69. The number of carbonyl (C=O) groups is 2. The summed E-state index contributed by atoms with van der Waals surface area (Å²) in [5.41, 5.74) is 0. The van der Waals surface area contributed by atoms with Gasteiger partial charge in [0.2, 0.25) is 5.91 Å². The van der Waals surface area contributed by atoms with Crippen LogP contribution in [0.3, 0.4) is 0 Å². The normalized spacial score (nSPS) is 19.5. The fraction of sp³-hybridized carbons (Fsp3) is 0.579. The maximum Gasteiger partial charge on any atom is 0.260 e. The van der Waals surface area contributed by atoms with E-state index in [1.165, 1.54) is 0 Å². The molecule has 0 bridgehead atoms. The van der Waals surface area contributed by atoms with Gasteiger partial charge in [0.05, 0.1) is 4.87 Å². The topological polar surface area (TPSA) is 49.9 Å². The first-order chi connectivity index (χ1) is 12.0. The minimum atomic E-state index is -0.113. The fourth-order valence-corrected chi connectivity index (χ4v) is 4.97. The highest BCUT2D eigenvalue weighted by molar-refractivity contribution is 8.00. The van der Waals surface area contributed by atoms with E-state index in [-0.39, 0.29) is 29.2 Å². The Kier molecular flexibility index (Phi) is 5.57. The SMILES string of the molecule is CC(C)C(=O)N1CCSC12CCN(C(=O)COc1ccccc1)CC2. The number of amides is 2. The van der Waals surface area contributed by atoms with Crippen molar-refractivity contribution >= 4 is 23.6 Å². The van der Waals surface area contributed by atoms with Gasteiger partial charge in [-0.05, 0) is 25.0 Å². The molecule has 0 aliphatic carbocycles. The molecule has 0 aromatic heterocycles. The molecule has 5 nitrogen and oxygen atoms in total. The smallest absolute Gasteiger partial charge is 0.260 e. The number of hydrogen-bond acceptors (Lipinski definition) is 4. The largest absolute Gasteiger partial charge is 0.484 e. The van der Waals surface area contributed by atoms with Crippen molar-refractivity contribution in [3.8, 4) is 5.75 Å². The molecule has 0 N–H and O–H groups in total. The number of rotatable bonds is 4. The lowest BCUT2D eigenvalue weighted by Crippen LogP contribution is -2.54. The summed E-state index contributed by atoms with van der Waals surface area (Å²) in [6, 6.07) is 9.40. The van der Waals surface area contributed by atoms with Gasteiger partial charge >= 0.3 is 0 Å². The summed E-state index contributed by atoms with van der Waals surface area (Å²) in [5, 5.41) is 0. The molecule has 2 heterocycles. The van der Waals surface area contributed by atoms with Crippen LogP contribution >= 0.6 is 11.8 Å². The number of hydrogen-bond donors (Lipinski definition) is 0. The van der Waals surface area contributed by atoms with E-state index in [9.17, 15) is 9.59 Å². The number of para-hydroxylation sites is 1. The summed E-state index contributed by atoms with van der Waals surface area (Å²) in [7, 11) is 0. The van der Waals surface area contributed by atoms with Crippen molar-refractivity contribution in [2.24, 2.45) is 5.92 Å². The van der Waals surface area contributed by atoms with Crippen molar-refractivity contribution in [2.45, 2.75) is 31.6 Å². The lowest BCUT2D eigenvalue weighted by atomic mass is 10.0. The molecule has 1 aromatic rings. The molecule has 2 fully saturated rings. The number of piperidine rings is 1. The van der Waals surface area contributed by atoms with Crippen molar-refractivity contribution in [2.75, 3.05) is 32.0 Å². The highest BCUT2D eigenvalue weighted by atomic mass is 32.2. The van der Waals surface area contributed by atoms with Crippen molar-refractivity contribution < 1.29 is 14.3 Å². The van der Waals surface area contributed by atoms with Crippen molar-refractivity contribution in [1.82, 2.24) is 9.80 Å². The standard InChI is InChI=1S/C19H26N2O3S/c1-15(2)18(23)21-12-13-25-19(21)8-10-20(11-9-19)17(22)14-24-16-6-4-3-5-7-16/h3-7,15H,8-14H2,1-2H3. The molecular weight excluding hydrogens is 336 g/mol. The second-order valence-electron chi connectivity index (χ2n) is 6.92. The second kappa shape index (κ2) is 7.68. The molecule has 25 heavy (non-hydrogen) atoms. The van der Waals surface area contributed by atoms with Gasteiger partial charge in [-0.3, -0.25) is 9.59 Å². The van der Waals surface area contributed by atoms with Crippen LogP contribution < -0.4 is 4.74 Å². The average molecular weight is 362 g/mol. The zero-order chi connectivity index (χ0) is 17.9. The third-order valence-electron chi connectivity index (χ3n) is 4.94. The molecule has 1 aromatic carbocycles. The van der Waals surface area contributed by atoms with Gasteiger partial charge in [-0.1, -0.05) is 32.0 Å². The Morgan fingerprint density at radius 1 is 1.16 bits per heavy atom. The molecule has 2 amide bonds. The molecule has 6 heteroatoms. The minimum absolute atomic E-state index is 0.0171. The van der Waals surface area contributed by atoms with E-state index in [1.807, 2.05) is 60.8 Å². The molecule has 2 saturated heterocycles. The molecular formula is C19H26N2O3S. The van der Waals surface area contributed by atoms with E-state index in [0.29, 0.717) is 18.8 Å². The summed E-state index contributed by atoms with van der Waals surface area (Å²) in [6.45, 7) is 6.18. The molecule has 0 unspecified atom stereocenters. The molecule has 0 radical (unpaired) electrons. The Balaban J connectivity index is 1.54. The van der Waals surface area contributed by atoms with E-state index in [0.717, 1.165) is 25.1 Å². The number of likely N-dealkylation sites (tertiary alicyclic amines) is 1. The van der Waals surface area contributed by atoms with E-state index in [2.05, 4.69) is 4.90 Å². The zero-order valence-electron chi connectivity index (χ0n) is 14.9. The molecule has 136 valence electrons. The van der Waals surface area contributed by atoms with E-state index in [4.69, 9.17) is 4.74 Å². The summed E-state index contributed by atoms with van der Waals surface area (Å²) in [4.78, 5) is 28.7. The minimum Gasteiger partial charge on any atom is -0.484 e. The van der Waals surface area contributed by atoms with Crippen molar-refractivity contribution in [1.29, 1.82) is 0 Å². The van der Waals surface area contributed by atoms with Gasteiger partial charge < -0.3 is 14.5 Å². The second-order valence-corrected chi connectivity index (χ2v) is 8.38. The molecule has 1 spiro atoms. The monoisotopic (exact) mass is 362 g/mol. The Morgan fingerprint density at radius 3 is 2.48 bits per heavy atom. The summed E-state index contributed by atoms with van der Waals surface area (Å²) < 4.78 is 5.57. The van der Waals surface area contributed by atoms with Crippen LogP contribution in [0.15, 0.2) is 30.3 Å². The first-order valence-corrected chi connectivity index (χ1v) is 9.91. The molecule has 2 aliphatic heterocycles. The Labute approximate surface area is 153 Å². The van der Waals surface area contributed by atoms with Gasteiger partial charge in [0.15, 0.2) is 6.61 Å². The lowest BCUT2D eigenvalue weighted by molar-refractivity contribution is -0.140. The number of thioether (sulfide) groups is 1. The maximum atomic E-state index is 12.5. The van der Waals surface area contributed by atoms with Crippen LogP contribution in [0, 0.1) is 5.92 Å². The lowest BCUT2D eigenvalue weighted by Gasteiger charge is -2.44. The van der Waals surface area contributed by atoms with Gasteiger partial charge in [0.25, 0.3) is 5.91 Å². The quantitative estimate of drug-likeness (QED) is 0.826. The fourth-order valence-electron chi connectivity index (χ4n) is 3.50. The number of carbonyl (C=O) groups excluding carboxylic acids is 2. The highest BCUT2D eigenvalue weighted by Gasteiger charge is 2.47. The van der Waals surface area contributed by atoms with Gasteiger partial charge in [-0.15, -0.1) is 11.8 Å². The van der Waals surface area contributed by atoms with Gasteiger partial charge in [0, 0.05) is 31.3 Å². The highest BCUT2D eigenvalue weighted by Crippen LogP contribution is 2.44. The molecule has 3 rings (SSSR count). The van der Waals surface area contributed by atoms with Gasteiger partial charge in [-0.2, -0.15) is 0 Å². The van der Waals surface area contributed by atoms with Crippen LogP contribution in [-0.4, -0.2) is 58.5 Å². The zero-order valence-corrected chi connectivity index (χ0v) is 15.8.